The van der Waals surface area contributed by atoms with Crippen LogP contribution in [0.15, 0.2) is 0 Å². The first-order valence-electron chi connectivity index (χ1n) is 8.62. The van der Waals surface area contributed by atoms with Crippen LogP contribution in [-0.2, 0) is 0 Å². The molecule has 1 saturated carbocycles. The highest BCUT2D eigenvalue weighted by Gasteiger charge is 2.36. The standard InChI is InChI=1S/C17H34N2/c1-5-10-18-17-9-11-19(15(4)14(17)3)16-8-6-7-13(2)12-16/h13-18H,5-12H2,1-4H3. The summed E-state index contributed by atoms with van der Waals surface area (Å²) in [6.07, 6.45) is 8.37. The molecule has 0 amide bonds. The van der Waals surface area contributed by atoms with Gasteiger partial charge in [0.15, 0.2) is 0 Å². The molecule has 0 spiro atoms. The summed E-state index contributed by atoms with van der Waals surface area (Å²) in [6, 6.07) is 2.36. The molecule has 112 valence electrons. The van der Waals surface area contributed by atoms with Crippen molar-refractivity contribution >= 4 is 0 Å². The Morgan fingerprint density at radius 1 is 1.11 bits per heavy atom. The second kappa shape index (κ2) is 7.08. The van der Waals surface area contributed by atoms with Crippen molar-refractivity contribution in [2.45, 2.75) is 84.3 Å². The molecule has 0 aromatic rings. The lowest BCUT2D eigenvalue weighted by molar-refractivity contribution is 0.0243. The molecule has 1 heterocycles. The molecule has 1 saturated heterocycles. The van der Waals surface area contributed by atoms with Gasteiger partial charge in [0.05, 0.1) is 0 Å². The number of nitrogens with one attached hydrogen (secondary N) is 1. The molecule has 0 bridgehead atoms. The van der Waals surface area contributed by atoms with E-state index in [0.717, 1.165) is 30.0 Å². The van der Waals surface area contributed by atoms with Crippen LogP contribution < -0.4 is 5.32 Å². The van der Waals surface area contributed by atoms with Gasteiger partial charge in [0.1, 0.15) is 0 Å². The number of piperidine rings is 1. The van der Waals surface area contributed by atoms with E-state index in [1.807, 2.05) is 0 Å². The highest BCUT2D eigenvalue weighted by atomic mass is 15.2. The van der Waals surface area contributed by atoms with Crippen molar-refractivity contribution in [3.8, 4) is 0 Å². The van der Waals surface area contributed by atoms with Crippen molar-refractivity contribution < 1.29 is 0 Å². The van der Waals surface area contributed by atoms with Crippen LogP contribution in [0.4, 0.5) is 0 Å². The molecule has 2 aliphatic rings. The maximum atomic E-state index is 3.76. The average molecular weight is 266 g/mol. The summed E-state index contributed by atoms with van der Waals surface area (Å²) in [5, 5.41) is 3.76. The molecule has 19 heavy (non-hydrogen) atoms. The van der Waals surface area contributed by atoms with Crippen molar-refractivity contribution in [2.24, 2.45) is 11.8 Å². The Kier molecular flexibility index (Phi) is 5.70. The molecule has 2 rings (SSSR count). The van der Waals surface area contributed by atoms with Crippen LogP contribution in [0.5, 0.6) is 0 Å². The Bertz CT molecular complexity index is 266. The van der Waals surface area contributed by atoms with Crippen molar-refractivity contribution in [3.05, 3.63) is 0 Å². The minimum absolute atomic E-state index is 0.743. The van der Waals surface area contributed by atoms with Gasteiger partial charge in [-0.1, -0.05) is 33.6 Å². The maximum Gasteiger partial charge on any atom is 0.0120 e. The van der Waals surface area contributed by atoms with E-state index < -0.39 is 0 Å². The van der Waals surface area contributed by atoms with Gasteiger partial charge in [-0.15, -0.1) is 0 Å². The summed E-state index contributed by atoms with van der Waals surface area (Å²) < 4.78 is 0. The molecule has 1 aliphatic heterocycles. The number of hydrogen-bond donors (Lipinski definition) is 1. The van der Waals surface area contributed by atoms with E-state index in [0.29, 0.717) is 0 Å². The monoisotopic (exact) mass is 266 g/mol. The third kappa shape index (κ3) is 3.72. The molecule has 5 atom stereocenters. The second-order valence-corrected chi connectivity index (χ2v) is 7.11. The number of hydrogen-bond acceptors (Lipinski definition) is 2. The Balaban J connectivity index is 1.90. The van der Waals surface area contributed by atoms with Gasteiger partial charge in [-0.3, -0.25) is 4.90 Å². The third-order valence-corrected chi connectivity index (χ3v) is 5.65. The average Bonchev–Trinajstić information content (AvgIpc) is 2.40. The van der Waals surface area contributed by atoms with Gasteiger partial charge in [0, 0.05) is 24.7 Å². The first-order chi connectivity index (χ1) is 9.13. The fourth-order valence-electron chi connectivity index (χ4n) is 4.23. The normalized spacial score (nSPS) is 41.4. The van der Waals surface area contributed by atoms with E-state index >= 15 is 0 Å². The van der Waals surface area contributed by atoms with Crippen LogP contribution in [0.2, 0.25) is 0 Å². The molecular weight excluding hydrogens is 232 g/mol. The maximum absolute atomic E-state index is 3.76. The van der Waals surface area contributed by atoms with E-state index in [1.54, 1.807) is 0 Å². The predicted molar refractivity (Wildman–Crippen MR) is 83.5 cm³/mol. The van der Waals surface area contributed by atoms with Crippen LogP contribution in [0.1, 0.15) is 66.2 Å². The molecule has 1 aliphatic carbocycles. The van der Waals surface area contributed by atoms with Gasteiger partial charge < -0.3 is 5.32 Å². The molecular formula is C17H34N2. The van der Waals surface area contributed by atoms with Gasteiger partial charge in [0.25, 0.3) is 0 Å². The first kappa shape index (κ1) is 15.3. The van der Waals surface area contributed by atoms with E-state index in [2.05, 4.69) is 37.9 Å². The smallest absolute Gasteiger partial charge is 0.0120 e. The summed E-state index contributed by atoms with van der Waals surface area (Å²) in [5.74, 6) is 1.73. The van der Waals surface area contributed by atoms with Gasteiger partial charge in [-0.25, -0.2) is 0 Å². The fourth-order valence-corrected chi connectivity index (χ4v) is 4.23. The third-order valence-electron chi connectivity index (χ3n) is 5.65. The minimum atomic E-state index is 0.743. The van der Waals surface area contributed by atoms with E-state index in [-0.39, 0.29) is 0 Å². The van der Waals surface area contributed by atoms with E-state index in [1.165, 1.54) is 51.6 Å². The molecule has 2 heteroatoms. The number of nitrogens with zero attached hydrogens (tertiary/aromatic N) is 1. The molecule has 1 N–H and O–H groups in total. The lowest BCUT2D eigenvalue weighted by Gasteiger charge is -2.48. The summed E-state index contributed by atoms with van der Waals surface area (Å²) in [4.78, 5) is 2.84. The number of rotatable bonds is 4. The van der Waals surface area contributed by atoms with Gasteiger partial charge >= 0.3 is 0 Å². The van der Waals surface area contributed by atoms with Crippen LogP contribution in [0, 0.1) is 11.8 Å². The Morgan fingerprint density at radius 3 is 2.58 bits per heavy atom. The van der Waals surface area contributed by atoms with Crippen molar-refractivity contribution in [1.29, 1.82) is 0 Å². The topological polar surface area (TPSA) is 15.3 Å². The quantitative estimate of drug-likeness (QED) is 0.835. The zero-order chi connectivity index (χ0) is 13.8. The fraction of sp³-hybridized carbons (Fsp3) is 1.00. The highest BCUT2D eigenvalue weighted by Crippen LogP contribution is 2.33. The molecule has 2 nitrogen and oxygen atoms in total. The SMILES string of the molecule is CCCNC1CCN(C2CCCC(C)C2)C(C)C1C. The van der Waals surface area contributed by atoms with E-state index in [9.17, 15) is 0 Å². The van der Waals surface area contributed by atoms with Gasteiger partial charge in [0.2, 0.25) is 0 Å². The molecule has 2 fully saturated rings. The lowest BCUT2D eigenvalue weighted by atomic mass is 9.81. The summed E-state index contributed by atoms with van der Waals surface area (Å²) in [5.41, 5.74) is 0. The highest BCUT2D eigenvalue weighted by molar-refractivity contribution is 4.92. The largest absolute Gasteiger partial charge is 0.314 e. The summed E-state index contributed by atoms with van der Waals surface area (Å²) >= 11 is 0. The molecule has 0 radical (unpaired) electrons. The Labute approximate surface area is 120 Å². The van der Waals surface area contributed by atoms with Crippen molar-refractivity contribution in [3.63, 3.8) is 0 Å². The van der Waals surface area contributed by atoms with Crippen LogP contribution >= 0.6 is 0 Å². The minimum Gasteiger partial charge on any atom is -0.314 e. The summed E-state index contributed by atoms with van der Waals surface area (Å²) in [6.45, 7) is 12.1. The van der Waals surface area contributed by atoms with Crippen LogP contribution in [-0.4, -0.2) is 36.1 Å². The van der Waals surface area contributed by atoms with Crippen LogP contribution in [0.25, 0.3) is 0 Å². The van der Waals surface area contributed by atoms with Crippen molar-refractivity contribution in [1.82, 2.24) is 10.2 Å². The molecule has 0 aromatic heterocycles. The van der Waals surface area contributed by atoms with Gasteiger partial charge in [-0.05, 0) is 51.0 Å². The number of likely N-dealkylation sites (tertiary alicyclic amines) is 1. The zero-order valence-corrected chi connectivity index (χ0v) is 13.5. The van der Waals surface area contributed by atoms with Crippen LogP contribution in [0.3, 0.4) is 0 Å². The predicted octanol–water partition coefficient (Wildman–Crippen LogP) is 3.66. The zero-order valence-electron chi connectivity index (χ0n) is 13.5. The Hall–Kier alpha value is -0.0800. The molecule has 0 aromatic carbocycles. The first-order valence-corrected chi connectivity index (χ1v) is 8.62. The van der Waals surface area contributed by atoms with E-state index in [4.69, 9.17) is 0 Å². The lowest BCUT2D eigenvalue weighted by Crippen LogP contribution is -2.57. The molecule has 5 unspecified atom stereocenters. The Morgan fingerprint density at radius 2 is 1.89 bits per heavy atom. The van der Waals surface area contributed by atoms with Gasteiger partial charge in [-0.2, -0.15) is 0 Å². The van der Waals surface area contributed by atoms with Crippen molar-refractivity contribution in [2.75, 3.05) is 13.1 Å². The summed E-state index contributed by atoms with van der Waals surface area (Å²) in [7, 11) is 0. The second-order valence-electron chi connectivity index (χ2n) is 7.11.